The standard InChI is InChI=1S/C21H24BrN3O/c1-24-13-5-3-6-14(24)9-15(8-13)25-11-12-4-2-7-16-19(12)17(21(25)26)10-18(22)20(16)23/h2,4,7,10,13-15H,3,5-6,8-9,11,23H2,1H3/t13-,14+,15?. The summed E-state index contributed by atoms with van der Waals surface area (Å²) in [7, 11) is 2.26. The molecule has 0 saturated carbocycles. The molecule has 2 aromatic rings. The number of rotatable bonds is 1. The number of fused-ring (bicyclic) bond motifs is 2. The molecule has 2 fully saturated rings. The third kappa shape index (κ3) is 2.33. The first kappa shape index (κ1) is 16.6. The Hall–Kier alpha value is -1.59. The minimum atomic E-state index is 0.169. The molecular weight excluding hydrogens is 390 g/mol. The highest BCUT2D eigenvalue weighted by atomic mass is 79.9. The zero-order valence-electron chi connectivity index (χ0n) is 15.0. The number of hydrogen-bond acceptors (Lipinski definition) is 3. The van der Waals surface area contributed by atoms with Crippen molar-refractivity contribution in [3.05, 3.63) is 39.9 Å². The molecule has 2 aromatic carbocycles. The van der Waals surface area contributed by atoms with Gasteiger partial charge in [-0.05, 0) is 60.3 Å². The number of carbonyl (C=O) groups excluding carboxylic acids is 1. The summed E-state index contributed by atoms with van der Waals surface area (Å²) in [4.78, 5) is 18.1. The monoisotopic (exact) mass is 413 g/mol. The van der Waals surface area contributed by atoms with Crippen LogP contribution in [0.4, 0.5) is 5.69 Å². The SMILES string of the molecule is CN1[C@@H]2CCC[C@H]1CC(N1Cc3cccc4c(N)c(Br)cc(c34)C1=O)C2. The van der Waals surface area contributed by atoms with Gasteiger partial charge in [-0.25, -0.2) is 0 Å². The minimum Gasteiger partial charge on any atom is -0.397 e. The van der Waals surface area contributed by atoms with Crippen LogP contribution in [0.5, 0.6) is 0 Å². The van der Waals surface area contributed by atoms with Crippen molar-refractivity contribution in [2.45, 2.75) is 56.8 Å². The Morgan fingerprint density at radius 2 is 1.88 bits per heavy atom. The van der Waals surface area contributed by atoms with E-state index in [9.17, 15) is 4.79 Å². The van der Waals surface area contributed by atoms with Crippen molar-refractivity contribution in [1.29, 1.82) is 0 Å². The van der Waals surface area contributed by atoms with Crippen molar-refractivity contribution >= 4 is 38.3 Å². The van der Waals surface area contributed by atoms with Gasteiger partial charge in [0.1, 0.15) is 0 Å². The van der Waals surface area contributed by atoms with Crippen LogP contribution < -0.4 is 5.73 Å². The Balaban J connectivity index is 1.56. The average molecular weight is 414 g/mol. The Labute approximate surface area is 162 Å². The van der Waals surface area contributed by atoms with E-state index in [1.807, 2.05) is 12.1 Å². The molecule has 0 radical (unpaired) electrons. The second-order valence-corrected chi connectivity index (χ2v) is 8.98. The summed E-state index contributed by atoms with van der Waals surface area (Å²) in [5.41, 5.74) is 9.00. The topological polar surface area (TPSA) is 49.6 Å². The molecule has 3 atom stereocenters. The summed E-state index contributed by atoms with van der Waals surface area (Å²) < 4.78 is 0.813. The van der Waals surface area contributed by atoms with Crippen molar-refractivity contribution in [1.82, 2.24) is 9.80 Å². The van der Waals surface area contributed by atoms with Gasteiger partial charge in [-0.2, -0.15) is 0 Å². The molecule has 1 amide bonds. The number of piperidine rings is 2. The maximum atomic E-state index is 13.4. The van der Waals surface area contributed by atoms with Crippen LogP contribution in [0.2, 0.25) is 0 Å². The quantitative estimate of drug-likeness (QED) is 0.714. The number of anilines is 1. The summed E-state index contributed by atoms with van der Waals surface area (Å²) in [5.74, 6) is 0.169. The lowest BCUT2D eigenvalue weighted by Gasteiger charge is -2.50. The molecule has 2 N–H and O–H groups in total. The van der Waals surface area contributed by atoms with Crippen LogP contribution in [-0.4, -0.2) is 40.9 Å². The van der Waals surface area contributed by atoms with Crippen LogP contribution in [0.1, 0.15) is 48.0 Å². The van der Waals surface area contributed by atoms with Crippen LogP contribution in [0, 0.1) is 0 Å². The van der Waals surface area contributed by atoms with Crippen LogP contribution >= 0.6 is 15.9 Å². The maximum absolute atomic E-state index is 13.4. The highest BCUT2D eigenvalue weighted by molar-refractivity contribution is 9.10. The smallest absolute Gasteiger partial charge is 0.255 e. The Kier molecular flexibility index (Phi) is 3.80. The molecule has 0 aromatic heterocycles. The molecule has 0 spiro atoms. The molecule has 3 heterocycles. The number of nitrogen functional groups attached to an aromatic ring is 1. The van der Waals surface area contributed by atoms with Crippen molar-refractivity contribution < 1.29 is 4.79 Å². The molecule has 3 aliphatic heterocycles. The number of hydrogen-bond donors (Lipinski definition) is 1. The number of nitrogens with two attached hydrogens (primary N) is 1. The zero-order valence-corrected chi connectivity index (χ0v) is 16.6. The number of benzene rings is 2. The van der Waals surface area contributed by atoms with Gasteiger partial charge in [0.2, 0.25) is 0 Å². The largest absolute Gasteiger partial charge is 0.397 e. The van der Waals surface area contributed by atoms with E-state index in [0.717, 1.165) is 39.3 Å². The number of carbonyl (C=O) groups is 1. The highest BCUT2D eigenvalue weighted by Crippen LogP contribution is 2.41. The fourth-order valence-corrected chi connectivity index (χ4v) is 5.84. The second-order valence-electron chi connectivity index (χ2n) is 8.12. The molecular formula is C21H24BrN3O. The summed E-state index contributed by atoms with van der Waals surface area (Å²) in [6.07, 6.45) is 6.05. The Morgan fingerprint density at radius 1 is 1.15 bits per heavy atom. The predicted octanol–water partition coefficient (Wildman–Crippen LogP) is 4.16. The first-order valence-electron chi connectivity index (χ1n) is 9.57. The van der Waals surface area contributed by atoms with Crippen LogP contribution in [0.15, 0.2) is 28.7 Å². The van der Waals surface area contributed by atoms with Gasteiger partial charge in [0.25, 0.3) is 5.91 Å². The van der Waals surface area contributed by atoms with Gasteiger partial charge in [-0.15, -0.1) is 0 Å². The van der Waals surface area contributed by atoms with Crippen molar-refractivity contribution in [2.24, 2.45) is 0 Å². The first-order valence-corrected chi connectivity index (χ1v) is 10.4. The van der Waals surface area contributed by atoms with E-state index in [4.69, 9.17) is 5.73 Å². The molecule has 0 aliphatic carbocycles. The molecule has 1 unspecified atom stereocenters. The summed E-state index contributed by atoms with van der Waals surface area (Å²) in [5, 5.41) is 2.03. The fraction of sp³-hybridized carbons (Fsp3) is 0.476. The van der Waals surface area contributed by atoms with Gasteiger partial charge in [0.05, 0.1) is 5.69 Å². The van der Waals surface area contributed by atoms with Crippen molar-refractivity contribution in [3.8, 4) is 0 Å². The normalized spacial score (nSPS) is 28.6. The van der Waals surface area contributed by atoms with Crippen LogP contribution in [-0.2, 0) is 6.54 Å². The van der Waals surface area contributed by atoms with Crippen LogP contribution in [0.25, 0.3) is 10.8 Å². The van der Waals surface area contributed by atoms with Gasteiger partial charge >= 0.3 is 0 Å². The van der Waals surface area contributed by atoms with E-state index in [2.05, 4.69) is 44.9 Å². The Morgan fingerprint density at radius 3 is 2.62 bits per heavy atom. The first-order chi connectivity index (χ1) is 12.5. The lowest BCUT2D eigenvalue weighted by molar-refractivity contribution is 0.00749. The third-order valence-electron chi connectivity index (χ3n) is 6.83. The van der Waals surface area contributed by atoms with E-state index in [-0.39, 0.29) is 5.91 Å². The number of nitrogens with zero attached hydrogens (tertiary/aromatic N) is 2. The molecule has 2 saturated heterocycles. The van der Waals surface area contributed by atoms with Crippen molar-refractivity contribution in [2.75, 3.05) is 12.8 Å². The fourth-order valence-electron chi connectivity index (χ4n) is 5.39. The molecule has 26 heavy (non-hydrogen) atoms. The Bertz CT molecular complexity index is 898. The number of amides is 1. The summed E-state index contributed by atoms with van der Waals surface area (Å²) in [6.45, 7) is 0.706. The minimum absolute atomic E-state index is 0.169. The molecule has 136 valence electrons. The van der Waals surface area contributed by atoms with E-state index < -0.39 is 0 Å². The predicted molar refractivity (Wildman–Crippen MR) is 108 cm³/mol. The molecule has 5 heteroatoms. The van der Waals surface area contributed by atoms with Crippen molar-refractivity contribution in [3.63, 3.8) is 0 Å². The van der Waals surface area contributed by atoms with Gasteiger partial charge in [0.15, 0.2) is 0 Å². The third-order valence-corrected chi connectivity index (χ3v) is 7.48. The van der Waals surface area contributed by atoms with Gasteiger partial charge < -0.3 is 15.5 Å². The number of halogens is 1. The van der Waals surface area contributed by atoms with Gasteiger partial charge in [0, 0.05) is 45.5 Å². The maximum Gasteiger partial charge on any atom is 0.255 e. The van der Waals surface area contributed by atoms with Gasteiger partial charge in [-0.3, -0.25) is 4.79 Å². The molecule has 2 bridgehead atoms. The lowest BCUT2D eigenvalue weighted by Crippen LogP contribution is -2.56. The second kappa shape index (κ2) is 5.96. The van der Waals surface area contributed by atoms with E-state index in [0.29, 0.717) is 24.7 Å². The molecule has 3 aliphatic rings. The van der Waals surface area contributed by atoms with Crippen LogP contribution in [0.3, 0.4) is 0 Å². The zero-order chi connectivity index (χ0) is 18.0. The molecule has 4 nitrogen and oxygen atoms in total. The highest BCUT2D eigenvalue weighted by Gasteiger charge is 2.41. The molecule has 5 rings (SSSR count). The van der Waals surface area contributed by atoms with Gasteiger partial charge in [-0.1, -0.05) is 24.6 Å². The summed E-state index contributed by atoms with van der Waals surface area (Å²) in [6, 6.07) is 9.73. The van der Waals surface area contributed by atoms with E-state index in [1.54, 1.807) is 0 Å². The average Bonchev–Trinajstić information content (AvgIpc) is 2.61. The summed E-state index contributed by atoms with van der Waals surface area (Å²) >= 11 is 3.54. The van der Waals surface area contributed by atoms with E-state index >= 15 is 0 Å². The lowest BCUT2D eigenvalue weighted by atomic mass is 9.80. The van der Waals surface area contributed by atoms with E-state index in [1.165, 1.54) is 24.8 Å².